The van der Waals surface area contributed by atoms with Crippen molar-refractivity contribution in [2.75, 3.05) is 33.8 Å². The van der Waals surface area contributed by atoms with Crippen molar-refractivity contribution >= 4 is 46.5 Å². The first-order chi connectivity index (χ1) is 15.4. The number of halogens is 1. The second kappa shape index (κ2) is 11.2. The van der Waals surface area contributed by atoms with Crippen molar-refractivity contribution in [1.29, 1.82) is 0 Å². The van der Waals surface area contributed by atoms with Gasteiger partial charge in [0.05, 0.1) is 18.6 Å². The highest BCUT2D eigenvalue weighted by Crippen LogP contribution is 2.33. The number of imide groups is 1. The molecule has 0 spiro atoms. The molecule has 0 aliphatic carbocycles. The van der Waals surface area contributed by atoms with Gasteiger partial charge in [0.15, 0.2) is 0 Å². The molecule has 2 aromatic rings. The zero-order valence-electron chi connectivity index (χ0n) is 17.8. The van der Waals surface area contributed by atoms with Gasteiger partial charge in [-0.2, -0.15) is 0 Å². The van der Waals surface area contributed by atoms with Crippen LogP contribution in [0.25, 0.3) is 6.08 Å². The van der Waals surface area contributed by atoms with Crippen LogP contribution in [0.15, 0.2) is 53.4 Å². The number of benzene rings is 2. The summed E-state index contributed by atoms with van der Waals surface area (Å²) in [7, 11) is 3.45. The SMILES string of the molecule is COc1ccccc1CN(C)CC(=O)NCCN1C(=O)SC(=Cc2ccccc2Cl)C1=O. The van der Waals surface area contributed by atoms with Gasteiger partial charge in [-0.15, -0.1) is 0 Å². The summed E-state index contributed by atoms with van der Waals surface area (Å²) in [6.45, 7) is 1.00. The van der Waals surface area contributed by atoms with Gasteiger partial charge >= 0.3 is 0 Å². The van der Waals surface area contributed by atoms with Gasteiger partial charge in [-0.3, -0.25) is 24.2 Å². The Morgan fingerprint density at radius 2 is 1.91 bits per heavy atom. The molecule has 1 N–H and O–H groups in total. The van der Waals surface area contributed by atoms with E-state index in [4.69, 9.17) is 16.3 Å². The zero-order valence-corrected chi connectivity index (χ0v) is 19.4. The van der Waals surface area contributed by atoms with Crippen molar-refractivity contribution in [1.82, 2.24) is 15.1 Å². The molecule has 1 heterocycles. The summed E-state index contributed by atoms with van der Waals surface area (Å²) in [4.78, 5) is 40.4. The second-order valence-electron chi connectivity index (χ2n) is 7.19. The van der Waals surface area contributed by atoms with E-state index in [0.29, 0.717) is 22.0 Å². The molecule has 3 rings (SSSR count). The van der Waals surface area contributed by atoms with Gasteiger partial charge in [-0.25, -0.2) is 0 Å². The number of amides is 3. The van der Waals surface area contributed by atoms with Crippen LogP contribution >= 0.6 is 23.4 Å². The Bertz CT molecular complexity index is 1040. The lowest BCUT2D eigenvalue weighted by atomic mass is 10.2. The molecule has 1 fully saturated rings. The highest BCUT2D eigenvalue weighted by Gasteiger charge is 2.34. The molecule has 0 unspecified atom stereocenters. The summed E-state index contributed by atoms with van der Waals surface area (Å²) >= 11 is 7.00. The highest BCUT2D eigenvalue weighted by atomic mass is 35.5. The van der Waals surface area contributed by atoms with Crippen LogP contribution in [0, 0.1) is 0 Å². The Balaban J connectivity index is 1.48. The smallest absolute Gasteiger partial charge is 0.293 e. The van der Waals surface area contributed by atoms with E-state index in [2.05, 4.69) is 5.32 Å². The molecule has 2 aromatic carbocycles. The van der Waals surface area contributed by atoms with Crippen molar-refractivity contribution in [3.63, 3.8) is 0 Å². The van der Waals surface area contributed by atoms with Crippen LogP contribution in [-0.2, 0) is 16.1 Å². The van der Waals surface area contributed by atoms with Crippen molar-refractivity contribution in [2.24, 2.45) is 0 Å². The minimum atomic E-state index is -0.387. The summed E-state index contributed by atoms with van der Waals surface area (Å²) in [5.41, 5.74) is 1.65. The summed E-state index contributed by atoms with van der Waals surface area (Å²) in [5.74, 6) is 0.187. The van der Waals surface area contributed by atoms with Gasteiger partial charge in [0, 0.05) is 30.2 Å². The van der Waals surface area contributed by atoms with Gasteiger partial charge in [0.2, 0.25) is 5.91 Å². The van der Waals surface area contributed by atoms with E-state index >= 15 is 0 Å². The van der Waals surface area contributed by atoms with Gasteiger partial charge in [0.25, 0.3) is 11.1 Å². The van der Waals surface area contributed by atoms with E-state index in [0.717, 1.165) is 28.0 Å². The molecular weight excluding hydrogens is 450 g/mol. The lowest BCUT2D eigenvalue weighted by Gasteiger charge is -2.18. The average Bonchev–Trinajstić information content (AvgIpc) is 3.03. The maximum absolute atomic E-state index is 12.6. The van der Waals surface area contributed by atoms with Gasteiger partial charge in [-0.05, 0) is 42.6 Å². The minimum Gasteiger partial charge on any atom is -0.496 e. The predicted octanol–water partition coefficient (Wildman–Crippen LogP) is 3.63. The summed E-state index contributed by atoms with van der Waals surface area (Å²) < 4.78 is 5.34. The maximum Gasteiger partial charge on any atom is 0.293 e. The monoisotopic (exact) mass is 473 g/mol. The molecule has 0 bridgehead atoms. The summed E-state index contributed by atoms with van der Waals surface area (Å²) in [6.07, 6.45) is 1.61. The number of hydrogen-bond acceptors (Lipinski definition) is 6. The van der Waals surface area contributed by atoms with Crippen LogP contribution in [0.5, 0.6) is 5.75 Å². The molecular formula is C23H24ClN3O4S. The topological polar surface area (TPSA) is 79.0 Å². The maximum atomic E-state index is 12.6. The van der Waals surface area contributed by atoms with Crippen LogP contribution in [0.3, 0.4) is 0 Å². The zero-order chi connectivity index (χ0) is 23.1. The Hall–Kier alpha value is -2.81. The Labute approximate surface area is 196 Å². The normalized spacial score (nSPS) is 15.0. The van der Waals surface area contributed by atoms with E-state index in [1.165, 1.54) is 0 Å². The lowest BCUT2D eigenvalue weighted by Crippen LogP contribution is -2.40. The third-order valence-corrected chi connectivity index (χ3v) is 6.02. The predicted molar refractivity (Wildman–Crippen MR) is 126 cm³/mol. The van der Waals surface area contributed by atoms with Crippen LogP contribution < -0.4 is 10.1 Å². The number of hydrogen-bond donors (Lipinski definition) is 1. The number of carbonyl (C=O) groups is 3. The molecule has 9 heteroatoms. The Kier molecular flexibility index (Phi) is 8.33. The van der Waals surface area contributed by atoms with Crippen molar-refractivity contribution in [3.8, 4) is 5.75 Å². The fourth-order valence-corrected chi connectivity index (χ4v) is 4.26. The molecule has 0 atom stereocenters. The molecule has 3 amide bonds. The first kappa shape index (κ1) is 23.8. The van der Waals surface area contributed by atoms with Crippen LogP contribution in [-0.4, -0.2) is 60.6 Å². The molecule has 0 aromatic heterocycles. The number of thioether (sulfide) groups is 1. The van der Waals surface area contributed by atoms with Crippen molar-refractivity contribution in [3.05, 3.63) is 69.6 Å². The summed E-state index contributed by atoms with van der Waals surface area (Å²) in [6, 6.07) is 14.7. The first-order valence-electron chi connectivity index (χ1n) is 9.96. The second-order valence-corrected chi connectivity index (χ2v) is 8.59. The molecule has 0 saturated carbocycles. The molecule has 1 aliphatic heterocycles. The quantitative estimate of drug-likeness (QED) is 0.560. The van der Waals surface area contributed by atoms with Crippen molar-refractivity contribution < 1.29 is 19.1 Å². The Morgan fingerprint density at radius 3 is 2.66 bits per heavy atom. The van der Waals surface area contributed by atoms with Crippen LogP contribution in [0.2, 0.25) is 5.02 Å². The lowest BCUT2D eigenvalue weighted by molar-refractivity contribution is -0.124. The highest BCUT2D eigenvalue weighted by molar-refractivity contribution is 8.18. The molecule has 0 radical (unpaired) electrons. The number of carbonyl (C=O) groups excluding carboxylic acids is 3. The van der Waals surface area contributed by atoms with Gasteiger partial charge < -0.3 is 10.1 Å². The number of rotatable bonds is 9. The largest absolute Gasteiger partial charge is 0.496 e. The molecule has 7 nitrogen and oxygen atoms in total. The average molecular weight is 474 g/mol. The van der Waals surface area contributed by atoms with E-state index < -0.39 is 0 Å². The Morgan fingerprint density at radius 1 is 1.19 bits per heavy atom. The molecule has 1 saturated heterocycles. The number of nitrogens with one attached hydrogen (secondary N) is 1. The van der Waals surface area contributed by atoms with E-state index in [-0.39, 0.29) is 36.7 Å². The third kappa shape index (κ3) is 6.12. The number of likely N-dealkylation sites (N-methyl/N-ethyl adjacent to an activating group) is 1. The first-order valence-corrected chi connectivity index (χ1v) is 11.2. The molecule has 168 valence electrons. The van der Waals surface area contributed by atoms with E-state index in [1.54, 1.807) is 31.4 Å². The van der Waals surface area contributed by atoms with Crippen LogP contribution in [0.1, 0.15) is 11.1 Å². The van der Waals surface area contributed by atoms with Crippen molar-refractivity contribution in [2.45, 2.75) is 6.54 Å². The number of para-hydroxylation sites is 1. The fraction of sp³-hybridized carbons (Fsp3) is 0.261. The minimum absolute atomic E-state index is 0.104. The molecule has 32 heavy (non-hydrogen) atoms. The third-order valence-electron chi connectivity index (χ3n) is 4.77. The number of methoxy groups -OCH3 is 1. The van der Waals surface area contributed by atoms with E-state index in [9.17, 15) is 14.4 Å². The van der Waals surface area contributed by atoms with E-state index in [1.807, 2.05) is 42.3 Å². The standard InChI is InChI=1S/C23H24ClN3O4S/c1-26(14-17-8-4-6-10-19(17)31-2)15-21(28)25-11-12-27-22(29)20(32-23(27)30)13-16-7-3-5-9-18(16)24/h3-10,13H,11-12,14-15H2,1-2H3,(H,25,28). The molecule has 1 aliphatic rings. The summed E-state index contributed by atoms with van der Waals surface area (Å²) in [5, 5.41) is 2.90. The van der Waals surface area contributed by atoms with Gasteiger partial charge in [0.1, 0.15) is 5.75 Å². The van der Waals surface area contributed by atoms with Crippen LogP contribution in [0.4, 0.5) is 4.79 Å². The van der Waals surface area contributed by atoms with Gasteiger partial charge in [-0.1, -0.05) is 48.0 Å². The number of nitrogens with zero attached hydrogens (tertiary/aromatic N) is 2. The fourth-order valence-electron chi connectivity index (χ4n) is 3.21. The number of ether oxygens (including phenoxy) is 1.